The predicted octanol–water partition coefficient (Wildman–Crippen LogP) is 1.28. The highest BCUT2D eigenvalue weighted by atomic mass is 35.5. The summed E-state index contributed by atoms with van der Waals surface area (Å²) in [7, 11) is 0. The first kappa shape index (κ1) is 19.3. The van der Waals surface area contributed by atoms with Crippen LogP contribution >= 0.6 is 12.4 Å². The highest BCUT2D eigenvalue weighted by Crippen LogP contribution is 2.32. The van der Waals surface area contributed by atoms with E-state index in [2.05, 4.69) is 10.6 Å². The molecule has 2 aliphatic heterocycles. The van der Waals surface area contributed by atoms with Crippen LogP contribution in [0.4, 0.5) is 5.69 Å². The number of carbonyl (C=O) groups is 2. The molecule has 2 N–H and O–H groups in total. The van der Waals surface area contributed by atoms with Crippen molar-refractivity contribution in [2.75, 3.05) is 44.7 Å². The van der Waals surface area contributed by atoms with Gasteiger partial charge in [-0.1, -0.05) is 0 Å². The molecule has 1 aromatic rings. The van der Waals surface area contributed by atoms with Crippen molar-refractivity contribution in [2.45, 2.75) is 13.3 Å². The number of anilines is 1. The number of likely N-dealkylation sites (N-methyl/N-ethyl adjacent to an activating group) is 1. The standard InChI is InChI=1S/C17H23N3O4.ClH/c1-2-20(17(22)12-5-6-18-10-12)11-16(21)19-13-3-4-14-15(9-13)24-8-7-23-14;/h3-4,9,12,18H,2,5-8,10-11H2,1H3,(H,19,21);1H. The Morgan fingerprint density at radius 3 is 2.72 bits per heavy atom. The van der Waals surface area contributed by atoms with Crippen molar-refractivity contribution in [3.63, 3.8) is 0 Å². The lowest BCUT2D eigenvalue weighted by Crippen LogP contribution is -2.41. The maximum absolute atomic E-state index is 12.4. The zero-order chi connectivity index (χ0) is 16.9. The Labute approximate surface area is 153 Å². The second kappa shape index (κ2) is 8.92. The molecule has 0 aliphatic carbocycles. The molecule has 25 heavy (non-hydrogen) atoms. The molecule has 1 saturated heterocycles. The third-order valence-electron chi connectivity index (χ3n) is 4.26. The molecule has 0 bridgehead atoms. The highest BCUT2D eigenvalue weighted by molar-refractivity contribution is 5.95. The zero-order valence-electron chi connectivity index (χ0n) is 14.2. The lowest BCUT2D eigenvalue weighted by molar-refractivity contribution is -0.137. The lowest BCUT2D eigenvalue weighted by Gasteiger charge is -2.23. The van der Waals surface area contributed by atoms with Gasteiger partial charge in [-0.05, 0) is 32.0 Å². The molecule has 1 fully saturated rings. The van der Waals surface area contributed by atoms with Gasteiger partial charge in [-0.2, -0.15) is 0 Å². The van der Waals surface area contributed by atoms with Gasteiger partial charge in [-0.3, -0.25) is 9.59 Å². The molecule has 3 rings (SSSR count). The van der Waals surface area contributed by atoms with Crippen LogP contribution in [0.25, 0.3) is 0 Å². The Kier molecular flexibility index (Phi) is 6.90. The van der Waals surface area contributed by atoms with Gasteiger partial charge in [0.25, 0.3) is 0 Å². The summed E-state index contributed by atoms with van der Waals surface area (Å²) in [6, 6.07) is 5.28. The van der Waals surface area contributed by atoms with Crippen LogP contribution < -0.4 is 20.1 Å². The van der Waals surface area contributed by atoms with E-state index in [1.54, 1.807) is 23.1 Å². The summed E-state index contributed by atoms with van der Waals surface area (Å²) in [6.07, 6.45) is 0.832. The molecule has 2 heterocycles. The van der Waals surface area contributed by atoms with E-state index < -0.39 is 0 Å². The Morgan fingerprint density at radius 2 is 2.04 bits per heavy atom. The van der Waals surface area contributed by atoms with Gasteiger partial charge in [0.15, 0.2) is 11.5 Å². The number of carbonyl (C=O) groups excluding carboxylic acids is 2. The number of ether oxygens (including phenoxy) is 2. The Balaban J connectivity index is 0.00000225. The van der Waals surface area contributed by atoms with E-state index in [0.717, 1.165) is 13.0 Å². The van der Waals surface area contributed by atoms with Gasteiger partial charge in [0.1, 0.15) is 13.2 Å². The largest absolute Gasteiger partial charge is 0.486 e. The van der Waals surface area contributed by atoms with Crippen molar-refractivity contribution >= 4 is 29.9 Å². The molecular formula is C17H24ClN3O4. The van der Waals surface area contributed by atoms with Crippen LogP contribution in [0, 0.1) is 5.92 Å². The second-order valence-corrected chi connectivity index (χ2v) is 5.95. The van der Waals surface area contributed by atoms with E-state index >= 15 is 0 Å². The summed E-state index contributed by atoms with van der Waals surface area (Å²) in [5, 5.41) is 6.00. The number of hydrogen-bond donors (Lipinski definition) is 2. The van der Waals surface area contributed by atoms with Crippen LogP contribution in [0.3, 0.4) is 0 Å². The van der Waals surface area contributed by atoms with E-state index in [9.17, 15) is 9.59 Å². The van der Waals surface area contributed by atoms with Crippen molar-refractivity contribution < 1.29 is 19.1 Å². The lowest BCUT2D eigenvalue weighted by atomic mass is 10.1. The van der Waals surface area contributed by atoms with Gasteiger partial charge in [0, 0.05) is 24.8 Å². The molecule has 0 spiro atoms. The van der Waals surface area contributed by atoms with Crippen molar-refractivity contribution in [1.29, 1.82) is 0 Å². The molecule has 8 heteroatoms. The molecule has 0 radical (unpaired) electrons. The Morgan fingerprint density at radius 1 is 1.28 bits per heavy atom. The molecule has 2 aliphatic rings. The first-order chi connectivity index (χ1) is 11.7. The SMILES string of the molecule is CCN(CC(=O)Nc1ccc2c(c1)OCCO2)C(=O)C1CCNC1.Cl. The van der Waals surface area contributed by atoms with Crippen LogP contribution in [0.1, 0.15) is 13.3 Å². The number of fused-ring (bicyclic) bond motifs is 1. The number of nitrogens with one attached hydrogen (secondary N) is 2. The molecule has 0 saturated carbocycles. The van der Waals surface area contributed by atoms with Crippen molar-refractivity contribution in [3.8, 4) is 11.5 Å². The molecule has 7 nitrogen and oxygen atoms in total. The molecule has 1 atom stereocenters. The first-order valence-electron chi connectivity index (χ1n) is 8.36. The van der Waals surface area contributed by atoms with Crippen molar-refractivity contribution in [2.24, 2.45) is 5.92 Å². The summed E-state index contributed by atoms with van der Waals surface area (Å²) in [5.41, 5.74) is 0.635. The monoisotopic (exact) mass is 369 g/mol. The van der Waals surface area contributed by atoms with Gasteiger partial charge >= 0.3 is 0 Å². The smallest absolute Gasteiger partial charge is 0.243 e. The second-order valence-electron chi connectivity index (χ2n) is 5.95. The zero-order valence-corrected chi connectivity index (χ0v) is 15.1. The topological polar surface area (TPSA) is 79.9 Å². The number of halogens is 1. The molecule has 1 unspecified atom stereocenters. The minimum absolute atomic E-state index is 0. The third kappa shape index (κ3) is 4.76. The molecule has 2 amide bonds. The number of rotatable bonds is 5. The van der Waals surface area contributed by atoms with Crippen LogP contribution in [0.15, 0.2) is 18.2 Å². The highest BCUT2D eigenvalue weighted by Gasteiger charge is 2.27. The summed E-state index contributed by atoms with van der Waals surface area (Å²) in [5.74, 6) is 1.11. The van der Waals surface area contributed by atoms with E-state index in [0.29, 0.717) is 43.5 Å². The molecule has 1 aromatic carbocycles. The average Bonchev–Trinajstić information content (AvgIpc) is 3.13. The van der Waals surface area contributed by atoms with Crippen molar-refractivity contribution in [3.05, 3.63) is 18.2 Å². The molecular weight excluding hydrogens is 346 g/mol. The van der Waals surface area contributed by atoms with Crippen LogP contribution in [0.5, 0.6) is 11.5 Å². The van der Waals surface area contributed by atoms with Gasteiger partial charge in [-0.25, -0.2) is 0 Å². The maximum Gasteiger partial charge on any atom is 0.243 e. The van der Waals surface area contributed by atoms with Crippen LogP contribution in [0.2, 0.25) is 0 Å². The fourth-order valence-electron chi connectivity index (χ4n) is 2.96. The Bertz CT molecular complexity index is 620. The van der Waals surface area contributed by atoms with Crippen LogP contribution in [-0.4, -0.2) is 56.1 Å². The first-order valence-corrected chi connectivity index (χ1v) is 8.36. The quantitative estimate of drug-likeness (QED) is 0.817. The number of nitrogens with zero attached hydrogens (tertiary/aromatic N) is 1. The summed E-state index contributed by atoms with van der Waals surface area (Å²) >= 11 is 0. The number of benzene rings is 1. The molecule has 138 valence electrons. The maximum atomic E-state index is 12.4. The normalized spacial score (nSPS) is 18.2. The summed E-state index contributed by atoms with van der Waals surface area (Å²) in [6.45, 7) is 5.04. The Hall–Kier alpha value is -1.99. The van der Waals surface area contributed by atoms with Crippen molar-refractivity contribution in [1.82, 2.24) is 10.2 Å². The van der Waals surface area contributed by atoms with E-state index in [-0.39, 0.29) is 36.7 Å². The van der Waals surface area contributed by atoms with Gasteiger partial charge in [-0.15, -0.1) is 12.4 Å². The number of hydrogen-bond acceptors (Lipinski definition) is 5. The van der Waals surface area contributed by atoms with E-state index in [1.807, 2.05) is 6.92 Å². The fraction of sp³-hybridized carbons (Fsp3) is 0.529. The number of amides is 2. The fourth-order valence-corrected chi connectivity index (χ4v) is 2.96. The van der Waals surface area contributed by atoms with Gasteiger partial charge in [0.2, 0.25) is 11.8 Å². The minimum atomic E-state index is -0.215. The van der Waals surface area contributed by atoms with Crippen LogP contribution in [-0.2, 0) is 9.59 Å². The molecule has 0 aromatic heterocycles. The van der Waals surface area contributed by atoms with E-state index in [1.165, 1.54) is 0 Å². The third-order valence-corrected chi connectivity index (χ3v) is 4.26. The predicted molar refractivity (Wildman–Crippen MR) is 96.5 cm³/mol. The summed E-state index contributed by atoms with van der Waals surface area (Å²) in [4.78, 5) is 26.3. The minimum Gasteiger partial charge on any atom is -0.486 e. The van der Waals surface area contributed by atoms with E-state index in [4.69, 9.17) is 9.47 Å². The van der Waals surface area contributed by atoms with Gasteiger partial charge < -0.3 is 25.0 Å². The summed E-state index contributed by atoms with van der Waals surface area (Å²) < 4.78 is 11.0. The average molecular weight is 370 g/mol. The van der Waals surface area contributed by atoms with Gasteiger partial charge in [0.05, 0.1) is 12.5 Å².